The van der Waals surface area contributed by atoms with Crippen LogP contribution in [0.25, 0.3) is 0 Å². The van der Waals surface area contributed by atoms with Crippen molar-refractivity contribution in [2.24, 2.45) is 0 Å². The number of nitrogens with zero attached hydrogens (tertiary/aromatic N) is 2. The molecule has 0 aromatic carbocycles. The number of carbonyl (C=O) groups excluding carboxylic acids is 1. The minimum Gasteiger partial charge on any atom is -0.353 e. The van der Waals surface area contributed by atoms with E-state index in [1.165, 1.54) is 5.69 Å². The van der Waals surface area contributed by atoms with Gasteiger partial charge in [-0.2, -0.15) is 0 Å². The zero-order chi connectivity index (χ0) is 14.0. The summed E-state index contributed by atoms with van der Waals surface area (Å²) in [5, 5.41) is 6.45. The first-order valence-corrected chi connectivity index (χ1v) is 7.68. The third-order valence-electron chi connectivity index (χ3n) is 4.56. The lowest BCUT2D eigenvalue weighted by molar-refractivity contribution is -0.121. The molecule has 20 heavy (non-hydrogen) atoms. The summed E-state index contributed by atoms with van der Waals surface area (Å²) in [4.78, 5) is 16.1. The number of hydrogen-bond acceptors (Lipinski definition) is 3. The summed E-state index contributed by atoms with van der Waals surface area (Å²) >= 11 is 0. The lowest BCUT2D eigenvalue weighted by Gasteiger charge is -2.34. The first-order valence-electron chi connectivity index (χ1n) is 7.68. The van der Waals surface area contributed by atoms with Crippen LogP contribution in [0.5, 0.6) is 0 Å². The van der Waals surface area contributed by atoms with Crippen molar-refractivity contribution in [3.63, 3.8) is 0 Å². The van der Waals surface area contributed by atoms with E-state index in [9.17, 15) is 4.79 Å². The fourth-order valence-corrected chi connectivity index (χ4v) is 2.99. The van der Waals surface area contributed by atoms with Crippen LogP contribution in [0.15, 0.2) is 12.5 Å². The van der Waals surface area contributed by atoms with Crippen molar-refractivity contribution in [3.8, 4) is 0 Å². The number of aryl methyl sites for hydroxylation is 1. The van der Waals surface area contributed by atoms with Crippen molar-refractivity contribution >= 4 is 5.91 Å². The van der Waals surface area contributed by atoms with Crippen molar-refractivity contribution in [2.45, 2.75) is 57.0 Å². The van der Waals surface area contributed by atoms with Crippen molar-refractivity contribution in [2.75, 3.05) is 13.1 Å². The third-order valence-corrected chi connectivity index (χ3v) is 4.56. The molecule has 0 atom stereocenters. The molecule has 110 valence electrons. The summed E-state index contributed by atoms with van der Waals surface area (Å²) in [7, 11) is 0. The van der Waals surface area contributed by atoms with Crippen LogP contribution in [0.1, 0.15) is 44.7 Å². The van der Waals surface area contributed by atoms with E-state index in [0.29, 0.717) is 12.5 Å². The molecule has 0 spiro atoms. The number of hydrogen-bond donors (Lipinski definition) is 2. The lowest BCUT2D eigenvalue weighted by atomic mass is 9.78. The van der Waals surface area contributed by atoms with E-state index >= 15 is 0 Å². The van der Waals surface area contributed by atoms with E-state index in [1.54, 1.807) is 0 Å². The number of nitrogens with one attached hydrogen (secondary N) is 2. The third kappa shape index (κ3) is 3.03. The van der Waals surface area contributed by atoms with E-state index in [2.05, 4.69) is 27.1 Å². The summed E-state index contributed by atoms with van der Waals surface area (Å²) in [6.45, 7) is 5.16. The van der Waals surface area contributed by atoms with E-state index in [0.717, 1.165) is 45.3 Å². The van der Waals surface area contributed by atoms with Crippen LogP contribution in [0.4, 0.5) is 0 Å². The summed E-state index contributed by atoms with van der Waals surface area (Å²) in [5.41, 5.74) is 1.47. The molecule has 2 aliphatic rings. The molecule has 1 aromatic rings. The predicted molar refractivity (Wildman–Crippen MR) is 77.5 cm³/mol. The van der Waals surface area contributed by atoms with Gasteiger partial charge in [0.2, 0.25) is 5.91 Å². The van der Waals surface area contributed by atoms with Gasteiger partial charge < -0.3 is 15.2 Å². The maximum Gasteiger partial charge on any atom is 0.222 e. The van der Waals surface area contributed by atoms with E-state index in [-0.39, 0.29) is 11.3 Å². The van der Waals surface area contributed by atoms with E-state index < -0.39 is 0 Å². The molecule has 2 heterocycles. The summed E-state index contributed by atoms with van der Waals surface area (Å²) in [5.74, 6) is 0.169. The quantitative estimate of drug-likeness (QED) is 0.849. The Hall–Kier alpha value is -1.36. The van der Waals surface area contributed by atoms with Crippen molar-refractivity contribution in [1.82, 2.24) is 20.2 Å². The first kappa shape index (κ1) is 13.6. The molecule has 1 aliphatic carbocycles. The van der Waals surface area contributed by atoms with Crippen LogP contribution in [0.3, 0.4) is 0 Å². The summed E-state index contributed by atoms with van der Waals surface area (Å²) < 4.78 is 2.16. The smallest absolute Gasteiger partial charge is 0.222 e. The number of carbonyl (C=O) groups is 1. The van der Waals surface area contributed by atoms with Gasteiger partial charge >= 0.3 is 0 Å². The van der Waals surface area contributed by atoms with E-state index in [4.69, 9.17) is 0 Å². The van der Waals surface area contributed by atoms with Crippen LogP contribution < -0.4 is 10.6 Å². The van der Waals surface area contributed by atoms with Crippen LogP contribution in [-0.4, -0.2) is 34.6 Å². The Kier molecular flexibility index (Phi) is 3.78. The molecule has 2 fully saturated rings. The van der Waals surface area contributed by atoms with Crippen molar-refractivity contribution in [3.05, 3.63) is 18.2 Å². The Bertz CT molecular complexity index is 472. The monoisotopic (exact) mass is 276 g/mol. The van der Waals surface area contributed by atoms with Gasteiger partial charge in [0.15, 0.2) is 0 Å². The second-order valence-electron chi connectivity index (χ2n) is 6.37. The highest BCUT2D eigenvalue weighted by atomic mass is 16.1. The van der Waals surface area contributed by atoms with Crippen molar-refractivity contribution < 1.29 is 4.79 Å². The fraction of sp³-hybridized carbons (Fsp3) is 0.733. The lowest BCUT2D eigenvalue weighted by Crippen LogP contribution is -2.39. The van der Waals surface area contributed by atoms with Gasteiger partial charge in [-0.3, -0.25) is 4.79 Å². The van der Waals surface area contributed by atoms with E-state index in [1.807, 2.05) is 12.5 Å². The Morgan fingerprint density at radius 2 is 2.25 bits per heavy atom. The number of rotatable bonds is 5. The second kappa shape index (κ2) is 5.56. The molecule has 3 rings (SSSR count). The molecule has 1 saturated heterocycles. The standard InChI is InChI=1S/C15H24N4O/c1-15(5-7-16-8-6-15)13-10-17-11-19(13)9-4-14(20)18-12-2-3-12/h10-12,16H,2-9H2,1H3,(H,18,20). The highest BCUT2D eigenvalue weighted by Gasteiger charge is 2.31. The van der Waals surface area contributed by atoms with Crippen LogP contribution in [0, 0.1) is 0 Å². The van der Waals surface area contributed by atoms with Gasteiger partial charge in [0.25, 0.3) is 0 Å². The SMILES string of the molecule is CC1(c2cncn2CCC(=O)NC2CC2)CCNCC1. The molecular weight excluding hydrogens is 252 g/mol. The Labute approximate surface area is 120 Å². The summed E-state index contributed by atoms with van der Waals surface area (Å²) in [6, 6.07) is 0.451. The fourth-order valence-electron chi connectivity index (χ4n) is 2.99. The van der Waals surface area contributed by atoms with Crippen LogP contribution in [-0.2, 0) is 16.8 Å². The van der Waals surface area contributed by atoms with Crippen LogP contribution >= 0.6 is 0 Å². The average molecular weight is 276 g/mol. The van der Waals surface area contributed by atoms with Crippen molar-refractivity contribution in [1.29, 1.82) is 0 Å². The molecule has 5 heteroatoms. The largest absolute Gasteiger partial charge is 0.353 e. The maximum atomic E-state index is 11.8. The summed E-state index contributed by atoms with van der Waals surface area (Å²) in [6.07, 6.45) is 8.95. The topological polar surface area (TPSA) is 59.0 Å². The molecule has 1 aromatic heterocycles. The molecule has 1 amide bonds. The maximum absolute atomic E-state index is 11.8. The normalized spacial score (nSPS) is 21.6. The molecule has 5 nitrogen and oxygen atoms in total. The van der Waals surface area contributed by atoms with Crippen LogP contribution in [0.2, 0.25) is 0 Å². The number of amides is 1. The zero-order valence-corrected chi connectivity index (χ0v) is 12.2. The first-order chi connectivity index (χ1) is 9.67. The number of piperidine rings is 1. The molecular formula is C15H24N4O. The van der Waals surface area contributed by atoms with Gasteiger partial charge in [-0.1, -0.05) is 6.92 Å². The molecule has 1 aliphatic heterocycles. The van der Waals surface area contributed by atoms with Gasteiger partial charge in [-0.05, 0) is 38.8 Å². The molecule has 0 bridgehead atoms. The predicted octanol–water partition coefficient (Wildman–Crippen LogP) is 1.19. The number of imidazole rings is 1. The molecule has 0 unspecified atom stereocenters. The Balaban J connectivity index is 1.62. The average Bonchev–Trinajstić information content (AvgIpc) is 3.11. The highest BCUT2D eigenvalue weighted by molar-refractivity contribution is 5.76. The number of aromatic nitrogens is 2. The molecule has 2 N–H and O–H groups in total. The minimum absolute atomic E-state index is 0.169. The van der Waals surface area contributed by atoms with Gasteiger partial charge in [0.05, 0.1) is 6.33 Å². The second-order valence-corrected chi connectivity index (χ2v) is 6.37. The zero-order valence-electron chi connectivity index (χ0n) is 12.2. The minimum atomic E-state index is 0.169. The highest BCUT2D eigenvalue weighted by Crippen LogP contribution is 2.32. The van der Waals surface area contributed by atoms with Gasteiger partial charge in [0.1, 0.15) is 0 Å². The van der Waals surface area contributed by atoms with Gasteiger partial charge in [-0.15, -0.1) is 0 Å². The molecule has 0 radical (unpaired) electrons. The molecule has 1 saturated carbocycles. The van der Waals surface area contributed by atoms with Gasteiger partial charge in [-0.25, -0.2) is 4.98 Å². The van der Waals surface area contributed by atoms with Gasteiger partial charge in [0, 0.05) is 36.3 Å². The Morgan fingerprint density at radius 1 is 1.50 bits per heavy atom. The Morgan fingerprint density at radius 3 is 2.95 bits per heavy atom.